The Hall–Kier alpha value is -2.37. The van der Waals surface area contributed by atoms with Gasteiger partial charge in [-0.3, -0.25) is 10.4 Å². The number of rotatable bonds is 2. The minimum Gasteiger partial charge on any atom is -0.386 e. The molecule has 3 rings (SSSR count). The Morgan fingerprint density at radius 2 is 2.15 bits per heavy atom. The first kappa shape index (κ1) is 12.7. The molecule has 0 spiro atoms. The second-order valence-corrected chi connectivity index (χ2v) is 5.09. The molecule has 2 aliphatic rings. The summed E-state index contributed by atoms with van der Waals surface area (Å²) in [5, 5.41) is 10.5. The highest BCUT2D eigenvalue weighted by Crippen LogP contribution is 2.23. The third-order valence-corrected chi connectivity index (χ3v) is 3.68. The maximum atomic E-state index is 7.59. The summed E-state index contributed by atoms with van der Waals surface area (Å²) in [7, 11) is 0. The summed E-state index contributed by atoms with van der Waals surface area (Å²) >= 11 is 0. The number of nitrogens with two attached hydrogens (primary N) is 2. The summed E-state index contributed by atoms with van der Waals surface area (Å²) in [5.74, 6) is 0.302. The Bertz CT molecular complexity index is 603. The van der Waals surface area contributed by atoms with E-state index in [1.165, 1.54) is 11.1 Å². The van der Waals surface area contributed by atoms with E-state index in [4.69, 9.17) is 21.9 Å². The Kier molecular flexibility index (Phi) is 3.14. The standard InChI is InChI=1S/C14H18N6/c15-12(16)11-13(20-14(17)19-11)18-10-7-3-5-8-4-1-2-6-9(8)10/h1-2,4,6,11,13H,3,5,7H2,(H3,15,16)(H3,17,19,20). The first-order valence-electron chi connectivity index (χ1n) is 6.74. The third kappa shape index (κ3) is 2.24. The van der Waals surface area contributed by atoms with E-state index in [2.05, 4.69) is 22.4 Å². The van der Waals surface area contributed by atoms with E-state index in [0.29, 0.717) is 5.96 Å². The van der Waals surface area contributed by atoms with Gasteiger partial charge in [0, 0.05) is 5.71 Å². The number of nitrogens with zero attached hydrogens (tertiary/aromatic N) is 2. The normalized spacial score (nSPS) is 26.8. The van der Waals surface area contributed by atoms with Gasteiger partial charge in [0.1, 0.15) is 11.9 Å². The molecule has 104 valence electrons. The van der Waals surface area contributed by atoms with Gasteiger partial charge in [0.25, 0.3) is 0 Å². The summed E-state index contributed by atoms with van der Waals surface area (Å²) in [5.41, 5.74) is 14.8. The summed E-state index contributed by atoms with van der Waals surface area (Å²) in [4.78, 5) is 8.93. The second kappa shape index (κ2) is 4.96. The predicted octanol–water partition coefficient (Wildman–Crippen LogP) is 0.361. The number of benzene rings is 1. The number of fused-ring (bicyclic) bond motifs is 1. The van der Waals surface area contributed by atoms with E-state index in [0.717, 1.165) is 25.0 Å². The van der Waals surface area contributed by atoms with Crippen LogP contribution in [-0.2, 0) is 6.42 Å². The van der Waals surface area contributed by atoms with Crippen LogP contribution in [-0.4, -0.2) is 29.7 Å². The fourth-order valence-corrected chi connectivity index (χ4v) is 2.72. The largest absolute Gasteiger partial charge is 0.386 e. The Balaban J connectivity index is 1.95. The molecule has 1 aliphatic heterocycles. The minimum atomic E-state index is -0.436. The SMILES string of the molecule is N=C(N)C1NC(N)=NC1N=C1CCCc2ccccc21. The molecule has 0 radical (unpaired) electrons. The maximum absolute atomic E-state index is 7.59. The topological polar surface area (TPSA) is 113 Å². The minimum absolute atomic E-state index is 0.00708. The van der Waals surface area contributed by atoms with E-state index in [-0.39, 0.29) is 5.84 Å². The van der Waals surface area contributed by atoms with Gasteiger partial charge in [-0.15, -0.1) is 0 Å². The fraction of sp³-hybridized carbons (Fsp3) is 0.357. The molecule has 0 saturated carbocycles. The van der Waals surface area contributed by atoms with E-state index >= 15 is 0 Å². The fourth-order valence-electron chi connectivity index (χ4n) is 2.72. The molecule has 1 heterocycles. The molecule has 0 bridgehead atoms. The van der Waals surface area contributed by atoms with Crippen molar-refractivity contribution < 1.29 is 0 Å². The van der Waals surface area contributed by atoms with Gasteiger partial charge in [-0.25, -0.2) is 4.99 Å². The van der Waals surface area contributed by atoms with Crippen molar-refractivity contribution in [2.24, 2.45) is 21.5 Å². The molecule has 0 saturated heterocycles. The van der Waals surface area contributed by atoms with Crippen molar-refractivity contribution in [1.29, 1.82) is 5.41 Å². The van der Waals surface area contributed by atoms with Crippen molar-refractivity contribution in [3.8, 4) is 0 Å². The molecule has 6 heteroatoms. The van der Waals surface area contributed by atoms with Crippen LogP contribution >= 0.6 is 0 Å². The molecule has 0 fully saturated rings. The van der Waals surface area contributed by atoms with Crippen LogP contribution in [0, 0.1) is 5.41 Å². The number of hydrogen-bond acceptors (Lipinski definition) is 5. The van der Waals surface area contributed by atoms with Gasteiger partial charge in [-0.2, -0.15) is 0 Å². The predicted molar refractivity (Wildman–Crippen MR) is 80.2 cm³/mol. The lowest BCUT2D eigenvalue weighted by Gasteiger charge is -2.20. The van der Waals surface area contributed by atoms with Crippen LogP contribution in [0.1, 0.15) is 24.0 Å². The van der Waals surface area contributed by atoms with Crippen molar-refractivity contribution in [3.63, 3.8) is 0 Å². The van der Waals surface area contributed by atoms with Crippen LogP contribution in [0.25, 0.3) is 0 Å². The van der Waals surface area contributed by atoms with Gasteiger partial charge >= 0.3 is 0 Å². The monoisotopic (exact) mass is 270 g/mol. The first-order chi connectivity index (χ1) is 9.65. The number of aliphatic imine (C=N–C) groups is 2. The highest BCUT2D eigenvalue weighted by molar-refractivity contribution is 6.03. The molecule has 1 aliphatic carbocycles. The molecule has 1 aromatic carbocycles. The number of guanidine groups is 1. The van der Waals surface area contributed by atoms with Gasteiger partial charge in [0.05, 0.1) is 0 Å². The van der Waals surface area contributed by atoms with Crippen LogP contribution < -0.4 is 16.8 Å². The van der Waals surface area contributed by atoms with Crippen molar-refractivity contribution in [1.82, 2.24) is 5.32 Å². The van der Waals surface area contributed by atoms with Crippen molar-refractivity contribution in [2.45, 2.75) is 31.5 Å². The average molecular weight is 270 g/mol. The molecule has 6 nitrogen and oxygen atoms in total. The molecule has 2 unspecified atom stereocenters. The Labute approximate surface area is 117 Å². The summed E-state index contributed by atoms with van der Waals surface area (Å²) < 4.78 is 0. The van der Waals surface area contributed by atoms with Crippen LogP contribution in [0.3, 0.4) is 0 Å². The Morgan fingerprint density at radius 3 is 2.95 bits per heavy atom. The van der Waals surface area contributed by atoms with Gasteiger partial charge < -0.3 is 16.8 Å². The summed E-state index contributed by atoms with van der Waals surface area (Å²) in [6.07, 6.45) is 2.65. The second-order valence-electron chi connectivity index (χ2n) is 5.09. The molecular formula is C14H18N6. The number of nitrogens with one attached hydrogen (secondary N) is 2. The zero-order valence-electron chi connectivity index (χ0n) is 11.1. The number of hydrogen-bond donors (Lipinski definition) is 4. The molecule has 0 amide bonds. The zero-order chi connectivity index (χ0) is 14.1. The quantitative estimate of drug-likeness (QED) is 0.459. The van der Waals surface area contributed by atoms with E-state index in [1.807, 2.05) is 12.1 Å². The van der Waals surface area contributed by atoms with E-state index in [9.17, 15) is 0 Å². The Morgan fingerprint density at radius 1 is 1.35 bits per heavy atom. The smallest absolute Gasteiger partial charge is 0.191 e. The first-order valence-corrected chi connectivity index (χ1v) is 6.74. The molecule has 20 heavy (non-hydrogen) atoms. The van der Waals surface area contributed by atoms with Crippen LogP contribution in [0.5, 0.6) is 0 Å². The molecule has 1 aromatic rings. The number of aryl methyl sites for hydroxylation is 1. The van der Waals surface area contributed by atoms with Crippen molar-refractivity contribution >= 4 is 17.5 Å². The average Bonchev–Trinajstić information content (AvgIpc) is 2.80. The molecule has 6 N–H and O–H groups in total. The molecule has 0 aromatic heterocycles. The summed E-state index contributed by atoms with van der Waals surface area (Å²) in [6.45, 7) is 0. The van der Waals surface area contributed by atoms with Gasteiger partial charge in [-0.1, -0.05) is 24.3 Å². The van der Waals surface area contributed by atoms with E-state index < -0.39 is 12.2 Å². The van der Waals surface area contributed by atoms with E-state index in [1.54, 1.807) is 0 Å². The lowest BCUT2D eigenvalue weighted by Crippen LogP contribution is -2.46. The highest BCUT2D eigenvalue weighted by atomic mass is 15.3. The number of amidine groups is 1. The van der Waals surface area contributed by atoms with Gasteiger partial charge in [-0.05, 0) is 30.4 Å². The zero-order valence-corrected chi connectivity index (χ0v) is 11.1. The van der Waals surface area contributed by atoms with Crippen molar-refractivity contribution in [2.75, 3.05) is 0 Å². The van der Waals surface area contributed by atoms with Crippen LogP contribution in [0.4, 0.5) is 0 Å². The molecular weight excluding hydrogens is 252 g/mol. The highest BCUT2D eigenvalue weighted by Gasteiger charge is 2.30. The maximum Gasteiger partial charge on any atom is 0.191 e. The molecule has 2 atom stereocenters. The lowest BCUT2D eigenvalue weighted by atomic mass is 9.90. The van der Waals surface area contributed by atoms with Crippen LogP contribution in [0.15, 0.2) is 34.3 Å². The summed E-state index contributed by atoms with van der Waals surface area (Å²) in [6, 6.07) is 7.86. The van der Waals surface area contributed by atoms with Crippen LogP contribution in [0.2, 0.25) is 0 Å². The van der Waals surface area contributed by atoms with Gasteiger partial charge in [0.15, 0.2) is 12.1 Å². The van der Waals surface area contributed by atoms with Gasteiger partial charge in [0.2, 0.25) is 0 Å². The third-order valence-electron chi connectivity index (χ3n) is 3.68. The lowest BCUT2D eigenvalue weighted by molar-refractivity contribution is 0.646. The van der Waals surface area contributed by atoms with Crippen molar-refractivity contribution in [3.05, 3.63) is 35.4 Å².